The molecule has 3 heterocycles. The molecule has 0 bridgehead atoms. The van der Waals surface area contributed by atoms with Crippen molar-refractivity contribution in [2.24, 2.45) is 5.10 Å². The van der Waals surface area contributed by atoms with Crippen LogP contribution in [0.15, 0.2) is 65.0 Å². The van der Waals surface area contributed by atoms with Gasteiger partial charge in [0.25, 0.3) is 5.91 Å². The minimum Gasteiger partial charge on any atom is -0.486 e. The first-order valence-electron chi connectivity index (χ1n) is 10.7. The summed E-state index contributed by atoms with van der Waals surface area (Å²) in [5.74, 6) is 1.81. The second kappa shape index (κ2) is 9.08. The summed E-state index contributed by atoms with van der Waals surface area (Å²) in [6.07, 6.45) is 2.63. The molecule has 2 aliphatic heterocycles. The lowest BCUT2D eigenvalue weighted by Gasteiger charge is -2.19. The fourth-order valence-corrected chi connectivity index (χ4v) is 4.80. The van der Waals surface area contributed by atoms with Gasteiger partial charge in [0.1, 0.15) is 13.2 Å². The Bertz CT molecular complexity index is 1160. The lowest BCUT2D eigenvalue weighted by atomic mass is 10.1. The molecule has 7 nitrogen and oxygen atoms in total. The summed E-state index contributed by atoms with van der Waals surface area (Å²) in [5, 5.41) is 6.94. The maximum Gasteiger partial charge on any atom is 0.253 e. The van der Waals surface area contributed by atoms with E-state index in [9.17, 15) is 4.79 Å². The summed E-state index contributed by atoms with van der Waals surface area (Å²) in [7, 11) is 0. The van der Waals surface area contributed by atoms with Crippen LogP contribution in [0.1, 0.15) is 18.9 Å². The molecule has 3 aromatic rings. The van der Waals surface area contributed by atoms with Gasteiger partial charge in [0, 0.05) is 18.5 Å². The summed E-state index contributed by atoms with van der Waals surface area (Å²) in [5.41, 5.74) is 4.03. The van der Waals surface area contributed by atoms with Gasteiger partial charge in [-0.25, -0.2) is 9.99 Å². The summed E-state index contributed by atoms with van der Waals surface area (Å²) >= 11 is 1.44. The zero-order chi connectivity index (χ0) is 21.9. The number of hydrogen-bond donors (Lipinski definition) is 0. The third-order valence-electron chi connectivity index (χ3n) is 5.49. The van der Waals surface area contributed by atoms with Crippen LogP contribution in [0.25, 0.3) is 11.3 Å². The molecular weight excluding hydrogens is 424 g/mol. The van der Waals surface area contributed by atoms with Gasteiger partial charge in [-0.05, 0) is 30.7 Å². The number of ether oxygens (including phenoxy) is 2. The number of aromatic nitrogens is 2. The average molecular weight is 449 g/mol. The van der Waals surface area contributed by atoms with Gasteiger partial charge >= 0.3 is 0 Å². The maximum atomic E-state index is 12.8. The molecule has 32 heavy (non-hydrogen) atoms. The molecule has 0 aliphatic carbocycles. The Morgan fingerprint density at radius 1 is 1.06 bits per heavy atom. The largest absolute Gasteiger partial charge is 0.486 e. The lowest BCUT2D eigenvalue weighted by Crippen LogP contribution is -2.25. The highest BCUT2D eigenvalue weighted by Gasteiger charge is 2.23. The summed E-state index contributed by atoms with van der Waals surface area (Å²) in [6.45, 7) is 4.57. The number of rotatable bonds is 6. The Labute approximate surface area is 191 Å². The number of hydrogen-bond acceptors (Lipinski definition) is 6. The molecule has 8 heteroatoms. The Kier molecular flexibility index (Phi) is 5.85. The third-order valence-corrected chi connectivity index (χ3v) is 6.47. The first-order chi connectivity index (χ1) is 15.7. The number of benzene rings is 2. The number of imidazole rings is 1. The van der Waals surface area contributed by atoms with Crippen molar-refractivity contribution in [1.29, 1.82) is 0 Å². The number of thioether (sulfide) groups is 1. The van der Waals surface area contributed by atoms with Crippen molar-refractivity contribution in [2.75, 3.05) is 25.5 Å². The van der Waals surface area contributed by atoms with Gasteiger partial charge in [0.05, 0.1) is 29.9 Å². The molecule has 0 atom stereocenters. The van der Waals surface area contributed by atoms with E-state index >= 15 is 0 Å². The number of nitrogens with zero attached hydrogens (tertiary/aromatic N) is 4. The molecular formula is C24H24N4O3S. The van der Waals surface area contributed by atoms with Crippen LogP contribution in [0.2, 0.25) is 0 Å². The average Bonchev–Trinajstić information content (AvgIpc) is 3.50. The fraction of sp³-hybridized carbons (Fsp3) is 0.292. The first-order valence-corrected chi connectivity index (χ1v) is 11.7. The first kappa shape index (κ1) is 20.6. The molecule has 0 N–H and O–H groups in total. The Morgan fingerprint density at radius 3 is 2.69 bits per heavy atom. The lowest BCUT2D eigenvalue weighted by molar-refractivity contribution is -0.127. The molecule has 5 rings (SSSR count). The molecule has 0 fully saturated rings. The van der Waals surface area contributed by atoms with Crippen LogP contribution < -0.4 is 9.47 Å². The summed E-state index contributed by atoms with van der Waals surface area (Å²) < 4.78 is 13.5. The van der Waals surface area contributed by atoms with Crippen LogP contribution in [0.4, 0.5) is 0 Å². The van der Waals surface area contributed by atoms with E-state index in [1.807, 2.05) is 54.7 Å². The van der Waals surface area contributed by atoms with Gasteiger partial charge in [-0.1, -0.05) is 42.1 Å². The van der Waals surface area contributed by atoms with Gasteiger partial charge in [-0.3, -0.25) is 4.79 Å². The van der Waals surface area contributed by atoms with Crippen LogP contribution in [0.5, 0.6) is 11.5 Å². The van der Waals surface area contributed by atoms with Gasteiger partial charge in [0.2, 0.25) is 0 Å². The van der Waals surface area contributed by atoms with Gasteiger partial charge < -0.3 is 14.0 Å². The number of carbonyl (C=O) groups excluding carboxylic acids is 1. The number of hydrazone groups is 1. The maximum absolute atomic E-state index is 12.8. The molecule has 2 aliphatic rings. The van der Waals surface area contributed by atoms with Gasteiger partial charge in [-0.2, -0.15) is 5.10 Å². The zero-order valence-electron chi connectivity index (χ0n) is 17.9. The van der Waals surface area contributed by atoms with Crippen molar-refractivity contribution in [3.63, 3.8) is 0 Å². The number of amides is 1. The van der Waals surface area contributed by atoms with E-state index in [0.29, 0.717) is 25.5 Å². The number of carbonyl (C=O) groups is 1. The van der Waals surface area contributed by atoms with Crippen molar-refractivity contribution < 1.29 is 14.3 Å². The van der Waals surface area contributed by atoms with Gasteiger partial charge in [-0.15, -0.1) is 0 Å². The summed E-state index contributed by atoms with van der Waals surface area (Å²) in [6, 6.07) is 15.9. The SMILES string of the molecule is CCn1c(-c2ccc3c(c2)OCCO3)cnc1SCC(=O)N1CCC(c2ccccc2)=N1. The second-order valence-electron chi connectivity index (χ2n) is 7.50. The minimum atomic E-state index is -0.00698. The smallest absolute Gasteiger partial charge is 0.253 e. The van der Waals surface area contributed by atoms with Crippen molar-refractivity contribution >= 4 is 23.4 Å². The quantitative estimate of drug-likeness (QED) is 0.532. The standard InChI is InChI=1S/C24H24N4O3S/c1-2-27-20(18-8-9-21-22(14-18)31-13-12-30-21)15-25-24(27)32-16-23(29)28-11-10-19(26-28)17-6-4-3-5-7-17/h3-9,14-15H,2,10-13,16H2,1H3. The summed E-state index contributed by atoms with van der Waals surface area (Å²) in [4.78, 5) is 17.3. The molecule has 0 unspecified atom stereocenters. The van der Waals surface area contributed by atoms with E-state index < -0.39 is 0 Å². The Balaban J connectivity index is 1.28. The van der Waals surface area contributed by atoms with Crippen LogP contribution >= 0.6 is 11.8 Å². The normalized spacial score (nSPS) is 15.0. The predicted octanol–water partition coefficient (Wildman–Crippen LogP) is 4.07. The topological polar surface area (TPSA) is 69.0 Å². The highest BCUT2D eigenvalue weighted by Crippen LogP contribution is 2.35. The van der Waals surface area contributed by atoms with Crippen molar-refractivity contribution in [3.8, 4) is 22.8 Å². The highest BCUT2D eigenvalue weighted by molar-refractivity contribution is 7.99. The van der Waals surface area contributed by atoms with Crippen LogP contribution in [-0.2, 0) is 11.3 Å². The molecule has 0 saturated carbocycles. The number of fused-ring (bicyclic) bond motifs is 1. The third kappa shape index (κ3) is 4.10. The van der Waals surface area contributed by atoms with Crippen LogP contribution in [-0.4, -0.2) is 51.7 Å². The van der Waals surface area contributed by atoms with Crippen molar-refractivity contribution in [1.82, 2.24) is 14.6 Å². The molecule has 0 saturated heterocycles. The Morgan fingerprint density at radius 2 is 1.88 bits per heavy atom. The highest BCUT2D eigenvalue weighted by atomic mass is 32.2. The molecule has 164 valence electrons. The van der Waals surface area contributed by atoms with Crippen molar-refractivity contribution in [2.45, 2.75) is 25.0 Å². The van der Waals surface area contributed by atoms with E-state index in [4.69, 9.17) is 9.47 Å². The molecule has 1 amide bonds. The predicted molar refractivity (Wildman–Crippen MR) is 124 cm³/mol. The second-order valence-corrected chi connectivity index (χ2v) is 8.44. The van der Waals surface area contributed by atoms with E-state index in [2.05, 4.69) is 21.6 Å². The van der Waals surface area contributed by atoms with Gasteiger partial charge in [0.15, 0.2) is 16.7 Å². The molecule has 0 radical (unpaired) electrons. The molecule has 0 spiro atoms. The van der Waals surface area contributed by atoms with Crippen LogP contribution in [0, 0.1) is 0 Å². The van der Waals surface area contributed by atoms with E-state index in [1.165, 1.54) is 11.8 Å². The van der Waals surface area contributed by atoms with Crippen LogP contribution in [0.3, 0.4) is 0 Å². The van der Waals surface area contributed by atoms with E-state index in [1.54, 1.807) is 5.01 Å². The molecule has 1 aromatic heterocycles. The monoisotopic (exact) mass is 448 g/mol. The zero-order valence-corrected chi connectivity index (χ0v) is 18.7. The van der Waals surface area contributed by atoms with E-state index in [0.717, 1.165) is 52.2 Å². The minimum absolute atomic E-state index is 0.00698. The van der Waals surface area contributed by atoms with Crippen molar-refractivity contribution in [3.05, 3.63) is 60.3 Å². The molecule has 2 aromatic carbocycles. The van der Waals surface area contributed by atoms with E-state index in [-0.39, 0.29) is 5.91 Å². The Hall–Kier alpha value is -3.26. The fourth-order valence-electron chi connectivity index (χ4n) is 3.88.